The number of rotatable bonds is 60. The molecule has 0 aromatic heterocycles. The van der Waals surface area contributed by atoms with E-state index in [1.165, 1.54) is 89.9 Å². The van der Waals surface area contributed by atoms with Crippen LogP contribution in [0.25, 0.3) is 0 Å². The third-order valence-electron chi connectivity index (χ3n) is 14.3. The zero-order valence-electron chi connectivity index (χ0n) is 53.1. The standard InChI is InChI=1S/C63H122O17P2/c1-53(2)39-31-23-15-9-11-19-29-37-45-62(67)79-58(49-73-60(65)43-35-27-21-13-17-25-33-41-55(5)6)51-77-81(69,70)75-47-57(64)48-76-82(71,72)78-52-59(50-74-61(66)44-36-28-22-14-18-26-34-42-56(7)8)80-63(68)46-38-30-20-12-10-16-24-32-40-54(3)4/h53-59,64H,9-52H2,1-8H3,(H,69,70)(H,71,72)/t58-,59-/m1/s1. The van der Waals surface area contributed by atoms with Gasteiger partial charge in [-0.1, -0.05) is 248 Å². The van der Waals surface area contributed by atoms with Gasteiger partial charge in [0.1, 0.15) is 19.3 Å². The molecule has 3 N–H and O–H groups in total. The molecule has 2 unspecified atom stereocenters. The van der Waals surface area contributed by atoms with E-state index in [0.717, 1.165) is 115 Å². The second-order valence-electron chi connectivity index (χ2n) is 24.7. The number of ether oxygens (including phenoxy) is 4. The third kappa shape index (κ3) is 57.2. The maximum absolute atomic E-state index is 13.0. The van der Waals surface area contributed by atoms with E-state index in [0.29, 0.717) is 37.5 Å². The average Bonchev–Trinajstić information content (AvgIpc) is 3.44. The fourth-order valence-electron chi connectivity index (χ4n) is 9.25. The van der Waals surface area contributed by atoms with Crippen LogP contribution in [0.4, 0.5) is 0 Å². The summed E-state index contributed by atoms with van der Waals surface area (Å²) in [4.78, 5) is 72.1. The lowest BCUT2D eigenvalue weighted by atomic mass is 10.0. The van der Waals surface area contributed by atoms with Gasteiger partial charge < -0.3 is 33.8 Å². The molecule has 486 valence electrons. The highest BCUT2D eigenvalue weighted by Gasteiger charge is 2.30. The normalized spacial score (nSPS) is 14.5. The average molecular weight is 1210 g/mol. The molecule has 17 nitrogen and oxygen atoms in total. The largest absolute Gasteiger partial charge is 0.472 e. The van der Waals surface area contributed by atoms with Gasteiger partial charge in [0.25, 0.3) is 0 Å². The molecule has 0 spiro atoms. The summed E-state index contributed by atoms with van der Waals surface area (Å²) in [5.41, 5.74) is 0. The number of hydrogen-bond acceptors (Lipinski definition) is 15. The minimum absolute atomic E-state index is 0.103. The number of esters is 4. The quantitative estimate of drug-likeness (QED) is 0.0222. The topological polar surface area (TPSA) is 237 Å². The van der Waals surface area contributed by atoms with Gasteiger partial charge in [0.15, 0.2) is 12.2 Å². The Morgan fingerprint density at radius 2 is 0.512 bits per heavy atom. The van der Waals surface area contributed by atoms with Crippen LogP contribution in [-0.4, -0.2) is 96.7 Å². The highest BCUT2D eigenvalue weighted by molar-refractivity contribution is 7.47. The van der Waals surface area contributed by atoms with Gasteiger partial charge >= 0.3 is 39.5 Å². The van der Waals surface area contributed by atoms with Crippen molar-refractivity contribution in [3.63, 3.8) is 0 Å². The van der Waals surface area contributed by atoms with E-state index in [9.17, 15) is 43.2 Å². The fourth-order valence-corrected chi connectivity index (χ4v) is 10.8. The van der Waals surface area contributed by atoms with Crippen molar-refractivity contribution < 1.29 is 80.2 Å². The predicted molar refractivity (Wildman–Crippen MR) is 326 cm³/mol. The summed E-state index contributed by atoms with van der Waals surface area (Å²) in [6.45, 7) is 13.9. The number of phosphoric acid groups is 2. The number of carbonyl (C=O) groups is 4. The highest BCUT2D eigenvalue weighted by atomic mass is 31.2. The number of unbranched alkanes of at least 4 members (excludes halogenated alkanes) is 26. The van der Waals surface area contributed by atoms with Crippen LogP contribution in [0.1, 0.15) is 299 Å². The second-order valence-corrected chi connectivity index (χ2v) is 27.6. The maximum atomic E-state index is 13.0. The fraction of sp³-hybridized carbons (Fsp3) is 0.937. The molecule has 0 aromatic rings. The van der Waals surface area contributed by atoms with Crippen LogP contribution >= 0.6 is 15.6 Å². The van der Waals surface area contributed by atoms with Crippen molar-refractivity contribution in [2.24, 2.45) is 23.7 Å². The number of carbonyl (C=O) groups excluding carboxylic acids is 4. The highest BCUT2D eigenvalue weighted by Crippen LogP contribution is 2.45. The van der Waals surface area contributed by atoms with E-state index >= 15 is 0 Å². The van der Waals surface area contributed by atoms with Gasteiger partial charge in [0, 0.05) is 25.7 Å². The van der Waals surface area contributed by atoms with Crippen LogP contribution in [0, 0.1) is 23.7 Å². The van der Waals surface area contributed by atoms with Gasteiger partial charge in [-0.25, -0.2) is 9.13 Å². The van der Waals surface area contributed by atoms with Gasteiger partial charge in [-0.05, 0) is 49.4 Å². The van der Waals surface area contributed by atoms with Crippen molar-refractivity contribution in [3.05, 3.63) is 0 Å². The predicted octanol–water partition coefficient (Wildman–Crippen LogP) is 17.0. The lowest BCUT2D eigenvalue weighted by Crippen LogP contribution is -2.30. The van der Waals surface area contributed by atoms with Crippen LogP contribution < -0.4 is 0 Å². The molecule has 0 saturated carbocycles. The smallest absolute Gasteiger partial charge is 0.462 e. The molecule has 0 saturated heterocycles. The number of aliphatic hydroxyl groups is 1. The van der Waals surface area contributed by atoms with Crippen LogP contribution in [0.2, 0.25) is 0 Å². The molecule has 0 radical (unpaired) electrons. The Hall–Kier alpha value is -1.94. The van der Waals surface area contributed by atoms with Crippen molar-refractivity contribution in [3.8, 4) is 0 Å². The van der Waals surface area contributed by atoms with E-state index in [1.54, 1.807) is 0 Å². The zero-order chi connectivity index (χ0) is 61.1. The SMILES string of the molecule is CC(C)CCCCCCCCCCC(=O)O[C@H](COC(=O)CCCCCCCCCC(C)C)COP(=O)(O)OCC(O)COP(=O)(O)OC[C@@H](COC(=O)CCCCCCCCCC(C)C)OC(=O)CCCCCCCCCCC(C)C. The van der Waals surface area contributed by atoms with Crippen LogP contribution in [0.5, 0.6) is 0 Å². The van der Waals surface area contributed by atoms with Gasteiger partial charge in [-0.2, -0.15) is 0 Å². The molecule has 19 heteroatoms. The molecule has 0 heterocycles. The summed E-state index contributed by atoms with van der Waals surface area (Å²) in [5, 5.41) is 10.5. The van der Waals surface area contributed by atoms with E-state index in [-0.39, 0.29) is 25.7 Å². The minimum atomic E-state index is -4.94. The van der Waals surface area contributed by atoms with Crippen molar-refractivity contribution >= 4 is 39.5 Å². The number of hydrogen-bond donors (Lipinski definition) is 3. The molecule has 0 rings (SSSR count). The van der Waals surface area contributed by atoms with E-state index in [2.05, 4.69) is 55.4 Å². The first-order valence-electron chi connectivity index (χ1n) is 32.7. The number of phosphoric ester groups is 2. The summed E-state index contributed by atoms with van der Waals surface area (Å²) in [7, 11) is -9.89. The minimum Gasteiger partial charge on any atom is -0.462 e. The second kappa shape index (κ2) is 53.3. The van der Waals surface area contributed by atoms with Gasteiger partial charge in [0.2, 0.25) is 0 Å². The van der Waals surface area contributed by atoms with Crippen LogP contribution in [0.3, 0.4) is 0 Å². The van der Waals surface area contributed by atoms with Crippen molar-refractivity contribution in [1.29, 1.82) is 0 Å². The Labute approximate surface area is 498 Å². The molecule has 0 bridgehead atoms. The zero-order valence-corrected chi connectivity index (χ0v) is 54.9. The first-order valence-corrected chi connectivity index (χ1v) is 35.7. The Balaban J connectivity index is 5.26. The van der Waals surface area contributed by atoms with Gasteiger partial charge in [0.05, 0.1) is 26.4 Å². The summed E-state index contributed by atoms with van der Waals surface area (Å²) in [5.74, 6) is 0.703. The number of aliphatic hydroxyl groups excluding tert-OH is 1. The Morgan fingerprint density at radius 3 is 0.756 bits per heavy atom. The monoisotopic (exact) mass is 1210 g/mol. The Bertz CT molecular complexity index is 1530. The van der Waals surface area contributed by atoms with Crippen LogP contribution in [0.15, 0.2) is 0 Å². The molecular formula is C63H122O17P2. The summed E-state index contributed by atoms with van der Waals surface area (Å²) in [6.07, 6.45) is 32.3. The lowest BCUT2D eigenvalue weighted by Gasteiger charge is -2.21. The van der Waals surface area contributed by atoms with E-state index in [1.807, 2.05) is 0 Å². The van der Waals surface area contributed by atoms with E-state index in [4.69, 9.17) is 37.0 Å². The summed E-state index contributed by atoms with van der Waals surface area (Å²) < 4.78 is 67.9. The first-order chi connectivity index (χ1) is 39.1. The molecule has 0 amide bonds. The molecule has 0 aromatic carbocycles. The molecule has 0 aliphatic carbocycles. The van der Waals surface area contributed by atoms with Crippen molar-refractivity contribution in [1.82, 2.24) is 0 Å². The molecule has 0 aliphatic rings. The van der Waals surface area contributed by atoms with Crippen LogP contribution in [-0.2, 0) is 65.4 Å². The van der Waals surface area contributed by atoms with E-state index < -0.39 is 97.5 Å². The van der Waals surface area contributed by atoms with Gasteiger partial charge in [-0.3, -0.25) is 37.3 Å². The Kier molecular flexibility index (Phi) is 52.0. The van der Waals surface area contributed by atoms with Gasteiger partial charge in [-0.15, -0.1) is 0 Å². The maximum Gasteiger partial charge on any atom is 0.472 e. The Morgan fingerprint density at radius 1 is 0.305 bits per heavy atom. The summed E-state index contributed by atoms with van der Waals surface area (Å²) >= 11 is 0. The first kappa shape index (κ1) is 80.1. The molecule has 0 fully saturated rings. The van der Waals surface area contributed by atoms with Crippen molar-refractivity contribution in [2.45, 2.75) is 318 Å². The van der Waals surface area contributed by atoms with Crippen molar-refractivity contribution in [2.75, 3.05) is 39.6 Å². The lowest BCUT2D eigenvalue weighted by molar-refractivity contribution is -0.161. The molecule has 0 aliphatic heterocycles. The molecular weight excluding hydrogens is 1090 g/mol. The summed E-state index contributed by atoms with van der Waals surface area (Å²) in [6, 6.07) is 0. The molecule has 4 atom stereocenters. The third-order valence-corrected chi connectivity index (χ3v) is 16.2. The molecule has 82 heavy (non-hydrogen) atoms.